The van der Waals surface area contributed by atoms with E-state index in [1.807, 2.05) is 0 Å². The predicted octanol–water partition coefficient (Wildman–Crippen LogP) is 1.29. The van der Waals surface area contributed by atoms with Gasteiger partial charge in [0.2, 0.25) is 5.91 Å². The van der Waals surface area contributed by atoms with Crippen LogP contribution in [-0.4, -0.2) is 24.0 Å². The third kappa shape index (κ3) is 3.27. The first kappa shape index (κ1) is 14.3. The second-order valence-electron chi connectivity index (χ2n) is 4.19. The summed E-state index contributed by atoms with van der Waals surface area (Å²) in [5.74, 6) is -0.737. The minimum Gasteiger partial charge on any atom is -0.464 e. The van der Waals surface area contributed by atoms with Gasteiger partial charge in [0.1, 0.15) is 0 Å². The molecular weight excluding hydrogens is 272 g/mol. The molecule has 0 aliphatic carbocycles. The van der Waals surface area contributed by atoms with Gasteiger partial charge in [-0.15, -0.1) is 0 Å². The average molecular weight is 286 g/mol. The molecule has 7 nitrogen and oxygen atoms in total. The van der Waals surface area contributed by atoms with Crippen molar-refractivity contribution in [3.05, 3.63) is 47.7 Å². The molecule has 2 rings (SSSR count). The lowest BCUT2D eigenvalue weighted by atomic mass is 10.2. The van der Waals surface area contributed by atoms with Crippen molar-refractivity contribution in [2.45, 2.75) is 0 Å². The summed E-state index contributed by atoms with van der Waals surface area (Å²) in [6.07, 6.45) is 0. The Labute approximate surface area is 120 Å². The summed E-state index contributed by atoms with van der Waals surface area (Å²) in [6, 6.07) is 9.50. The number of carbonyl (C=O) groups excluding carboxylic acids is 2. The molecule has 0 saturated carbocycles. The Morgan fingerprint density at radius 1 is 1.14 bits per heavy atom. The number of primary amides is 1. The zero-order valence-electron chi connectivity index (χ0n) is 11.3. The number of nitrogens with zero attached hydrogens (tertiary/aromatic N) is 1. The van der Waals surface area contributed by atoms with Gasteiger partial charge in [-0.05, 0) is 36.4 Å². The summed E-state index contributed by atoms with van der Waals surface area (Å²) in [4.78, 5) is 26.5. The molecule has 1 aromatic heterocycles. The Bertz CT molecular complexity index is 683. The lowest BCUT2D eigenvalue weighted by Crippen LogP contribution is -2.10. The van der Waals surface area contributed by atoms with Gasteiger partial charge in [-0.3, -0.25) is 4.79 Å². The van der Waals surface area contributed by atoms with E-state index in [-0.39, 0.29) is 5.69 Å². The minimum absolute atomic E-state index is 0.142. The maximum atomic E-state index is 11.4. The molecule has 0 spiro atoms. The van der Waals surface area contributed by atoms with Crippen LogP contribution in [-0.2, 0) is 4.74 Å². The molecule has 0 atom stereocenters. The summed E-state index contributed by atoms with van der Waals surface area (Å²) >= 11 is 0. The van der Waals surface area contributed by atoms with Crippen LogP contribution in [0.5, 0.6) is 0 Å². The van der Waals surface area contributed by atoms with Crippen LogP contribution < -0.4 is 16.8 Å². The first-order chi connectivity index (χ1) is 10.0. The monoisotopic (exact) mass is 286 g/mol. The molecule has 21 heavy (non-hydrogen) atoms. The van der Waals surface area contributed by atoms with E-state index in [4.69, 9.17) is 11.5 Å². The zero-order valence-corrected chi connectivity index (χ0v) is 11.3. The average Bonchev–Trinajstić information content (AvgIpc) is 2.49. The fraction of sp³-hybridized carbons (Fsp3) is 0.0714. The molecular formula is C14H14N4O3. The van der Waals surface area contributed by atoms with Crippen molar-refractivity contribution >= 4 is 29.1 Å². The number of nitrogen functional groups attached to an aromatic ring is 1. The topological polar surface area (TPSA) is 120 Å². The van der Waals surface area contributed by atoms with Crippen LogP contribution in [0.25, 0.3) is 0 Å². The first-order valence-corrected chi connectivity index (χ1v) is 6.03. The van der Waals surface area contributed by atoms with E-state index >= 15 is 0 Å². The molecule has 0 saturated heterocycles. The Hall–Kier alpha value is -3.09. The van der Waals surface area contributed by atoms with Crippen molar-refractivity contribution < 1.29 is 14.3 Å². The van der Waals surface area contributed by atoms with Gasteiger partial charge in [0.15, 0.2) is 11.5 Å². The van der Waals surface area contributed by atoms with Crippen LogP contribution in [0.15, 0.2) is 36.4 Å². The molecule has 0 aliphatic heterocycles. The number of aromatic nitrogens is 1. The fourth-order valence-corrected chi connectivity index (χ4v) is 1.64. The number of amides is 1. The molecule has 0 radical (unpaired) electrons. The van der Waals surface area contributed by atoms with Gasteiger partial charge in [0, 0.05) is 11.3 Å². The van der Waals surface area contributed by atoms with Crippen LogP contribution in [0.4, 0.5) is 17.2 Å². The Balaban J connectivity index is 2.26. The lowest BCUT2D eigenvalue weighted by molar-refractivity contribution is 0.0594. The number of carbonyl (C=O) groups is 2. The van der Waals surface area contributed by atoms with E-state index in [1.54, 1.807) is 30.3 Å². The second kappa shape index (κ2) is 5.91. The SMILES string of the molecule is COC(=O)c1ccc(N)c(Nc2ccc(C(N)=O)cc2)n1. The Kier molecular flexibility index (Phi) is 4.03. The highest BCUT2D eigenvalue weighted by molar-refractivity contribution is 5.93. The molecule has 1 heterocycles. The highest BCUT2D eigenvalue weighted by Gasteiger charge is 2.10. The molecule has 108 valence electrons. The summed E-state index contributed by atoms with van der Waals surface area (Å²) < 4.78 is 4.60. The van der Waals surface area contributed by atoms with Gasteiger partial charge >= 0.3 is 5.97 Å². The Morgan fingerprint density at radius 3 is 2.38 bits per heavy atom. The summed E-state index contributed by atoms with van der Waals surface area (Å²) in [7, 11) is 1.27. The third-order valence-electron chi connectivity index (χ3n) is 2.75. The number of nitrogens with one attached hydrogen (secondary N) is 1. The van der Waals surface area contributed by atoms with Crippen molar-refractivity contribution in [1.29, 1.82) is 0 Å². The number of benzene rings is 1. The highest BCUT2D eigenvalue weighted by atomic mass is 16.5. The molecule has 0 aliphatic rings. The number of anilines is 3. The van der Waals surface area contributed by atoms with Crippen LogP contribution in [0.2, 0.25) is 0 Å². The van der Waals surface area contributed by atoms with Gasteiger partial charge in [0.05, 0.1) is 12.8 Å². The molecule has 1 amide bonds. The molecule has 0 bridgehead atoms. The normalized spacial score (nSPS) is 9.95. The number of hydrogen-bond donors (Lipinski definition) is 3. The summed E-state index contributed by atoms with van der Waals surface area (Å²) in [6.45, 7) is 0. The van der Waals surface area contributed by atoms with E-state index in [9.17, 15) is 9.59 Å². The number of hydrogen-bond acceptors (Lipinski definition) is 6. The maximum Gasteiger partial charge on any atom is 0.356 e. The number of ether oxygens (including phenoxy) is 1. The number of nitrogens with two attached hydrogens (primary N) is 2. The maximum absolute atomic E-state index is 11.4. The molecule has 5 N–H and O–H groups in total. The standard InChI is InChI=1S/C14H14N4O3/c1-21-14(20)11-7-6-10(15)13(18-11)17-9-4-2-8(3-5-9)12(16)19/h2-7H,15H2,1H3,(H2,16,19)(H,17,18). The van der Waals surface area contributed by atoms with Gasteiger partial charge in [0.25, 0.3) is 0 Å². The van der Waals surface area contributed by atoms with E-state index in [0.717, 1.165) is 0 Å². The molecule has 0 fully saturated rings. The predicted molar refractivity (Wildman–Crippen MR) is 78.2 cm³/mol. The van der Waals surface area contributed by atoms with Crippen molar-refractivity contribution in [2.75, 3.05) is 18.2 Å². The molecule has 2 aromatic rings. The van der Waals surface area contributed by atoms with Crippen LogP contribution in [0.3, 0.4) is 0 Å². The van der Waals surface area contributed by atoms with Crippen LogP contribution >= 0.6 is 0 Å². The van der Waals surface area contributed by atoms with Crippen LogP contribution in [0.1, 0.15) is 20.8 Å². The van der Waals surface area contributed by atoms with E-state index in [1.165, 1.54) is 13.2 Å². The van der Waals surface area contributed by atoms with Crippen molar-refractivity contribution in [2.24, 2.45) is 5.73 Å². The van der Waals surface area contributed by atoms with Gasteiger partial charge in [-0.2, -0.15) is 0 Å². The molecule has 1 aromatic carbocycles. The second-order valence-corrected chi connectivity index (χ2v) is 4.19. The number of pyridine rings is 1. The highest BCUT2D eigenvalue weighted by Crippen LogP contribution is 2.21. The van der Waals surface area contributed by atoms with Gasteiger partial charge in [-0.1, -0.05) is 0 Å². The summed E-state index contributed by atoms with van der Waals surface area (Å²) in [5, 5.41) is 2.96. The van der Waals surface area contributed by atoms with Crippen molar-refractivity contribution in [3.8, 4) is 0 Å². The number of methoxy groups -OCH3 is 1. The molecule has 7 heteroatoms. The van der Waals surface area contributed by atoms with Gasteiger partial charge < -0.3 is 21.5 Å². The fourth-order valence-electron chi connectivity index (χ4n) is 1.64. The van der Waals surface area contributed by atoms with Crippen molar-refractivity contribution in [3.63, 3.8) is 0 Å². The van der Waals surface area contributed by atoms with Gasteiger partial charge in [-0.25, -0.2) is 9.78 Å². The largest absolute Gasteiger partial charge is 0.464 e. The van der Waals surface area contributed by atoms with E-state index < -0.39 is 11.9 Å². The zero-order chi connectivity index (χ0) is 15.4. The van der Waals surface area contributed by atoms with Crippen molar-refractivity contribution in [1.82, 2.24) is 4.98 Å². The molecule has 0 unspecified atom stereocenters. The Morgan fingerprint density at radius 2 is 1.81 bits per heavy atom. The minimum atomic E-state index is -0.554. The summed E-state index contributed by atoms with van der Waals surface area (Å²) in [5.41, 5.74) is 12.5. The number of esters is 1. The van der Waals surface area contributed by atoms with E-state index in [0.29, 0.717) is 22.8 Å². The van der Waals surface area contributed by atoms with Crippen LogP contribution in [0, 0.1) is 0 Å². The van der Waals surface area contributed by atoms with E-state index in [2.05, 4.69) is 15.0 Å². The third-order valence-corrected chi connectivity index (χ3v) is 2.75. The smallest absolute Gasteiger partial charge is 0.356 e. The lowest BCUT2D eigenvalue weighted by Gasteiger charge is -2.10. The number of rotatable bonds is 4. The quantitative estimate of drug-likeness (QED) is 0.728. The first-order valence-electron chi connectivity index (χ1n) is 6.03.